The van der Waals surface area contributed by atoms with Crippen LogP contribution in [0.3, 0.4) is 0 Å². The van der Waals surface area contributed by atoms with Gasteiger partial charge < -0.3 is 30.9 Å². The summed E-state index contributed by atoms with van der Waals surface area (Å²) in [7, 11) is 1.85. The van der Waals surface area contributed by atoms with E-state index in [1.807, 2.05) is 48.3 Å². The molecule has 2 aromatic carbocycles. The van der Waals surface area contributed by atoms with Crippen LogP contribution in [-0.2, 0) is 30.4 Å². The maximum atomic E-state index is 10.8. The van der Waals surface area contributed by atoms with E-state index in [2.05, 4.69) is 18.2 Å². The van der Waals surface area contributed by atoms with Gasteiger partial charge in [-0.15, -0.1) is 0 Å². The number of nitrogens with two attached hydrogens (primary N) is 1. The monoisotopic (exact) mass is 478 g/mol. The van der Waals surface area contributed by atoms with Crippen molar-refractivity contribution in [3.05, 3.63) is 65.7 Å². The molecular weight excluding hydrogens is 452 g/mol. The topological polar surface area (TPSA) is 205 Å². The lowest BCUT2D eigenvalue weighted by atomic mass is 10.0. The highest BCUT2D eigenvalue weighted by atomic mass is 16.5. The number of para-hydroxylation sites is 1. The molecule has 0 fully saturated rings. The Morgan fingerprint density at radius 1 is 0.794 bits per heavy atom. The highest BCUT2D eigenvalue weighted by molar-refractivity contribution is 6.27. The molecule has 0 aliphatic rings. The van der Waals surface area contributed by atoms with Gasteiger partial charge in [0.15, 0.2) is 0 Å². The lowest BCUT2D eigenvalue weighted by Crippen LogP contribution is -2.33. The zero-order valence-electron chi connectivity index (χ0n) is 18.3. The Kier molecular flexibility index (Phi) is 14.1. The van der Waals surface area contributed by atoms with Crippen molar-refractivity contribution in [2.24, 2.45) is 5.73 Å². The maximum absolute atomic E-state index is 10.8. The molecule has 1 amide bonds. The Hall–Kier alpha value is -4.45. The smallest absolute Gasteiger partial charge is 0.414 e. The first-order chi connectivity index (χ1) is 15.9. The summed E-state index contributed by atoms with van der Waals surface area (Å²) in [6, 6.07) is 18.4. The van der Waals surface area contributed by atoms with Crippen molar-refractivity contribution in [1.82, 2.24) is 4.90 Å². The number of aliphatic carboxylic acids is 4. The predicted octanol–water partition coefficient (Wildman–Crippen LogP) is 0.385. The first-order valence-electron chi connectivity index (χ1n) is 9.57. The molecule has 0 aliphatic heterocycles. The van der Waals surface area contributed by atoms with Gasteiger partial charge in [-0.2, -0.15) is 0 Å². The zero-order chi connectivity index (χ0) is 26.1. The highest BCUT2D eigenvalue weighted by Crippen LogP contribution is 2.21. The van der Waals surface area contributed by atoms with Gasteiger partial charge in [-0.25, -0.2) is 19.2 Å². The van der Waals surface area contributed by atoms with Crippen molar-refractivity contribution in [1.29, 1.82) is 0 Å². The fourth-order valence-electron chi connectivity index (χ4n) is 2.26. The molecule has 0 bridgehead atoms. The summed E-state index contributed by atoms with van der Waals surface area (Å²) in [6.07, 6.45) is 0.841. The van der Waals surface area contributed by atoms with Gasteiger partial charge in [-0.3, -0.25) is 9.69 Å². The van der Waals surface area contributed by atoms with Crippen molar-refractivity contribution >= 4 is 29.8 Å². The lowest BCUT2D eigenvalue weighted by Gasteiger charge is -2.16. The van der Waals surface area contributed by atoms with Gasteiger partial charge in [0.05, 0.1) is 6.54 Å². The minimum Gasteiger partial charge on any atom is -0.492 e. The van der Waals surface area contributed by atoms with Crippen LogP contribution >= 0.6 is 0 Å². The summed E-state index contributed by atoms with van der Waals surface area (Å²) in [4.78, 5) is 49.1. The molecule has 12 nitrogen and oxygen atoms in total. The van der Waals surface area contributed by atoms with E-state index in [-0.39, 0.29) is 12.5 Å². The molecule has 34 heavy (non-hydrogen) atoms. The molecule has 0 saturated heterocycles. The first kappa shape index (κ1) is 29.5. The van der Waals surface area contributed by atoms with Crippen molar-refractivity contribution in [2.75, 3.05) is 26.7 Å². The Bertz CT molecular complexity index is 915. The van der Waals surface area contributed by atoms with Crippen LogP contribution in [0.4, 0.5) is 0 Å². The number of amides is 1. The number of benzene rings is 2. The summed E-state index contributed by atoms with van der Waals surface area (Å²) in [5, 5.41) is 29.6. The summed E-state index contributed by atoms with van der Waals surface area (Å²) < 4.78 is 5.87. The third-order valence-electron chi connectivity index (χ3n) is 3.73. The fourth-order valence-corrected chi connectivity index (χ4v) is 2.26. The molecule has 0 aromatic heterocycles. The zero-order valence-corrected chi connectivity index (χ0v) is 18.3. The second-order valence-corrected chi connectivity index (χ2v) is 6.54. The largest absolute Gasteiger partial charge is 0.492 e. The lowest BCUT2D eigenvalue weighted by molar-refractivity contribution is -0.159. The summed E-state index contributed by atoms with van der Waals surface area (Å²) in [5.41, 5.74) is 7.58. The number of rotatable bonds is 8. The quantitative estimate of drug-likeness (QED) is 0.328. The van der Waals surface area contributed by atoms with Crippen LogP contribution in [0.5, 0.6) is 5.75 Å². The van der Waals surface area contributed by atoms with Gasteiger partial charge >= 0.3 is 23.9 Å². The average molecular weight is 478 g/mol. The van der Waals surface area contributed by atoms with Crippen LogP contribution in [0.2, 0.25) is 0 Å². The molecule has 184 valence electrons. The molecule has 0 unspecified atom stereocenters. The van der Waals surface area contributed by atoms with Crippen LogP contribution in [0.15, 0.2) is 54.6 Å². The minimum absolute atomic E-state index is 0.245. The Morgan fingerprint density at radius 2 is 1.26 bits per heavy atom. The van der Waals surface area contributed by atoms with E-state index in [1.54, 1.807) is 0 Å². The van der Waals surface area contributed by atoms with Crippen LogP contribution < -0.4 is 10.5 Å². The molecule has 2 rings (SSSR count). The number of carboxylic acid groups (broad SMARTS) is 4. The van der Waals surface area contributed by atoms with Crippen LogP contribution in [0, 0.1) is 0 Å². The number of carboxylic acids is 4. The molecule has 0 atom stereocenters. The number of nitrogens with zero attached hydrogens (tertiary/aromatic N) is 1. The summed E-state index contributed by atoms with van der Waals surface area (Å²) >= 11 is 0. The SMILES string of the molecule is CN(CCOc1ccccc1Cc1ccccc1)CC(N)=O.O=C(O)C(=O)O.O=C(O)C(=O)O. The number of likely N-dealkylation sites (N-methyl/N-ethyl adjacent to an activating group) is 1. The normalized spacial score (nSPS) is 9.47. The third kappa shape index (κ3) is 14.5. The Labute approximate surface area is 194 Å². The molecule has 2 aromatic rings. The van der Waals surface area contributed by atoms with E-state index in [0.717, 1.165) is 17.7 Å². The summed E-state index contributed by atoms with van der Waals surface area (Å²) in [5.74, 6) is -6.74. The number of primary amides is 1. The second kappa shape index (κ2) is 16.2. The van der Waals surface area contributed by atoms with E-state index in [9.17, 15) is 4.79 Å². The number of carbonyl (C=O) groups excluding carboxylic acids is 1. The van der Waals surface area contributed by atoms with E-state index in [1.165, 1.54) is 5.56 Å². The molecule has 0 spiro atoms. The van der Waals surface area contributed by atoms with Crippen molar-refractivity contribution in [3.8, 4) is 5.75 Å². The van der Waals surface area contributed by atoms with Gasteiger partial charge in [-0.05, 0) is 24.2 Å². The second-order valence-electron chi connectivity index (χ2n) is 6.54. The highest BCUT2D eigenvalue weighted by Gasteiger charge is 2.07. The van der Waals surface area contributed by atoms with Gasteiger partial charge in [-0.1, -0.05) is 48.5 Å². The molecule has 6 N–H and O–H groups in total. The van der Waals surface area contributed by atoms with Gasteiger partial charge in [0.25, 0.3) is 0 Å². The van der Waals surface area contributed by atoms with E-state index in [4.69, 9.17) is 50.1 Å². The maximum Gasteiger partial charge on any atom is 0.414 e. The standard InChI is InChI=1S/C18H22N2O2.2C2H2O4/c1-20(14-18(19)21)11-12-22-17-10-6-5-9-16(17)13-15-7-3-2-4-8-15;2*3-1(4)2(5)6/h2-10H,11-14H2,1H3,(H2,19,21);2*(H,3,4)(H,5,6). The van der Waals surface area contributed by atoms with Gasteiger partial charge in [0.1, 0.15) is 12.4 Å². The first-order valence-corrected chi connectivity index (χ1v) is 9.57. The van der Waals surface area contributed by atoms with E-state index < -0.39 is 23.9 Å². The number of carbonyl (C=O) groups is 5. The minimum atomic E-state index is -1.82. The van der Waals surface area contributed by atoms with E-state index >= 15 is 0 Å². The van der Waals surface area contributed by atoms with E-state index in [0.29, 0.717) is 13.2 Å². The average Bonchev–Trinajstić information content (AvgIpc) is 2.76. The molecule has 12 heteroatoms. The van der Waals surface area contributed by atoms with Crippen LogP contribution in [-0.4, -0.2) is 81.9 Å². The molecule has 0 aliphatic carbocycles. The van der Waals surface area contributed by atoms with Gasteiger partial charge in [0, 0.05) is 13.0 Å². The van der Waals surface area contributed by atoms with Crippen LogP contribution in [0.1, 0.15) is 11.1 Å². The molecule has 0 saturated carbocycles. The number of hydrogen-bond donors (Lipinski definition) is 5. The summed E-state index contributed by atoms with van der Waals surface area (Å²) in [6.45, 7) is 1.42. The number of ether oxygens (including phenoxy) is 1. The van der Waals surface area contributed by atoms with Crippen molar-refractivity contribution in [3.63, 3.8) is 0 Å². The third-order valence-corrected chi connectivity index (χ3v) is 3.73. The van der Waals surface area contributed by atoms with Gasteiger partial charge in [0.2, 0.25) is 5.91 Å². The number of hydrogen-bond acceptors (Lipinski definition) is 7. The van der Waals surface area contributed by atoms with Crippen LogP contribution in [0.25, 0.3) is 0 Å². The van der Waals surface area contributed by atoms with Crippen molar-refractivity contribution < 1.29 is 49.1 Å². The molecule has 0 heterocycles. The molecular formula is C22H26N2O10. The Morgan fingerprint density at radius 3 is 1.74 bits per heavy atom. The molecule has 0 radical (unpaired) electrons. The Balaban J connectivity index is 0.000000750. The predicted molar refractivity (Wildman–Crippen MR) is 118 cm³/mol. The van der Waals surface area contributed by atoms with Crippen molar-refractivity contribution in [2.45, 2.75) is 6.42 Å². The fraction of sp³-hybridized carbons (Fsp3) is 0.227.